The fraction of sp³-hybridized carbons (Fsp3) is 0.0968. The lowest BCUT2D eigenvalue weighted by atomic mass is 9.37. The van der Waals surface area contributed by atoms with Gasteiger partial charge in [0.1, 0.15) is 0 Å². The molecule has 14 rings (SSSR count). The second kappa shape index (κ2) is 13.2. The quantitative estimate of drug-likeness (QED) is 0.123. The molecular formula is C62H44B2. The van der Waals surface area contributed by atoms with Gasteiger partial charge in [0.05, 0.1) is 0 Å². The molecule has 0 spiro atoms. The first-order valence-electron chi connectivity index (χ1n) is 23.3. The highest BCUT2D eigenvalue weighted by molar-refractivity contribution is 7.01. The SMILES string of the molecule is CC(C)c1cc(B2c3cc4ccccc4cc3-c3cc4ccccc4cc32)c2ccc3c(B4c5cc6ccccc6cc5-c5cc6ccccc6cc54)cc(C(C)C)c4ccc1c2c34. The number of fused-ring (bicyclic) bond motifs is 10. The van der Waals surface area contributed by atoms with E-state index in [2.05, 4.69) is 210 Å². The standard InChI is InChI=1S/C62H44B2/c1-35(2)49-33-59(63-55-29-41-17-9-5-13-37(41)25-51(55)52-26-38-14-6-10-18-42(38)30-56(52)63)47-23-24-48-60(34-50(36(3)4)46-22-21-45(49)61(47)62(46)48)64-57-31-43-19-11-7-15-39(43)27-53(57)54-28-40-16-8-12-20-44(40)32-58(54)64/h5-36H,1-4H3. The summed E-state index contributed by atoms with van der Waals surface area (Å²) < 4.78 is 0. The van der Waals surface area contributed by atoms with Gasteiger partial charge in [-0.25, -0.2) is 0 Å². The Kier molecular flexibility index (Phi) is 7.49. The van der Waals surface area contributed by atoms with Gasteiger partial charge in [-0.2, -0.15) is 0 Å². The highest BCUT2D eigenvalue weighted by Gasteiger charge is 2.39. The topological polar surface area (TPSA) is 0 Å². The fourth-order valence-corrected chi connectivity index (χ4v) is 12.5. The molecule has 0 atom stereocenters. The van der Waals surface area contributed by atoms with Crippen molar-refractivity contribution in [2.24, 2.45) is 0 Å². The van der Waals surface area contributed by atoms with E-state index in [1.54, 1.807) is 0 Å². The van der Waals surface area contributed by atoms with Gasteiger partial charge in [0.25, 0.3) is 0 Å². The third-order valence-electron chi connectivity index (χ3n) is 15.4. The van der Waals surface area contributed by atoms with Crippen molar-refractivity contribution in [2.75, 3.05) is 0 Å². The zero-order chi connectivity index (χ0) is 42.5. The van der Waals surface area contributed by atoms with Gasteiger partial charge in [-0.15, -0.1) is 0 Å². The molecule has 0 aromatic heterocycles. The monoisotopic (exact) mass is 810 g/mol. The van der Waals surface area contributed by atoms with Crippen LogP contribution in [0, 0.1) is 0 Å². The minimum Gasteiger partial charge on any atom is -0.0623 e. The third-order valence-corrected chi connectivity index (χ3v) is 15.4. The summed E-state index contributed by atoms with van der Waals surface area (Å²) in [6, 6.07) is 70.7. The van der Waals surface area contributed by atoms with Gasteiger partial charge in [0.15, 0.2) is 0 Å². The van der Waals surface area contributed by atoms with Gasteiger partial charge in [0, 0.05) is 0 Å². The molecule has 64 heavy (non-hydrogen) atoms. The highest BCUT2D eigenvalue weighted by atomic mass is 14.3. The smallest absolute Gasteiger partial charge is 0.0623 e. The van der Waals surface area contributed by atoms with Crippen LogP contribution in [0.15, 0.2) is 182 Å². The Morgan fingerprint density at radius 3 is 0.781 bits per heavy atom. The normalized spacial score (nSPS) is 13.2. The van der Waals surface area contributed by atoms with E-state index in [4.69, 9.17) is 0 Å². The first kappa shape index (κ1) is 36.3. The number of benzene rings is 12. The summed E-state index contributed by atoms with van der Waals surface area (Å²) in [6.07, 6.45) is 0. The number of hydrogen-bond acceptors (Lipinski definition) is 0. The zero-order valence-corrected chi connectivity index (χ0v) is 36.6. The van der Waals surface area contributed by atoms with Crippen LogP contribution in [0.3, 0.4) is 0 Å². The van der Waals surface area contributed by atoms with E-state index in [1.165, 1.54) is 142 Å². The van der Waals surface area contributed by atoms with Crippen molar-refractivity contribution in [3.05, 3.63) is 193 Å². The Morgan fingerprint density at radius 2 is 0.516 bits per heavy atom. The summed E-state index contributed by atoms with van der Waals surface area (Å²) in [4.78, 5) is 0. The number of hydrogen-bond donors (Lipinski definition) is 0. The first-order chi connectivity index (χ1) is 31.4. The molecule has 0 fully saturated rings. The van der Waals surface area contributed by atoms with Crippen LogP contribution in [-0.4, -0.2) is 13.4 Å². The molecule has 0 amide bonds. The fourth-order valence-electron chi connectivity index (χ4n) is 12.5. The molecule has 0 aliphatic carbocycles. The first-order valence-corrected chi connectivity index (χ1v) is 23.3. The molecule has 2 heterocycles. The van der Waals surface area contributed by atoms with E-state index >= 15 is 0 Å². The number of rotatable bonds is 4. The summed E-state index contributed by atoms with van der Waals surface area (Å²) in [5.41, 5.74) is 16.8. The van der Waals surface area contributed by atoms with Crippen molar-refractivity contribution in [2.45, 2.75) is 39.5 Å². The van der Waals surface area contributed by atoms with Crippen LogP contribution in [-0.2, 0) is 0 Å². The molecule has 0 radical (unpaired) electrons. The van der Waals surface area contributed by atoms with Crippen LogP contribution in [0.5, 0.6) is 0 Å². The third kappa shape index (κ3) is 4.97. The van der Waals surface area contributed by atoms with E-state index in [0.717, 1.165) is 0 Å². The highest BCUT2D eigenvalue weighted by Crippen LogP contribution is 2.42. The summed E-state index contributed by atoms with van der Waals surface area (Å²) in [7, 11) is 0. The Bertz CT molecular complexity index is 3550. The molecule has 0 saturated carbocycles. The van der Waals surface area contributed by atoms with Crippen molar-refractivity contribution < 1.29 is 0 Å². The molecule has 2 aliphatic rings. The molecule has 12 aromatic carbocycles. The van der Waals surface area contributed by atoms with Crippen molar-refractivity contribution in [3.8, 4) is 22.3 Å². The Labute approximate surface area is 374 Å². The predicted octanol–water partition coefficient (Wildman–Crippen LogP) is 12.4. The molecule has 12 aromatic rings. The largest absolute Gasteiger partial charge is 0.243 e. The average molecular weight is 811 g/mol. The van der Waals surface area contributed by atoms with Crippen LogP contribution in [0.25, 0.3) is 97.7 Å². The maximum absolute atomic E-state index is 2.60. The summed E-state index contributed by atoms with van der Waals surface area (Å²) in [5, 5.41) is 18.8. The molecule has 0 saturated heterocycles. The Morgan fingerprint density at radius 1 is 0.266 bits per heavy atom. The van der Waals surface area contributed by atoms with Crippen molar-refractivity contribution >= 4 is 122 Å². The van der Waals surface area contributed by atoms with Crippen LogP contribution >= 0.6 is 0 Å². The second-order valence-electron chi connectivity index (χ2n) is 19.5. The van der Waals surface area contributed by atoms with E-state index in [0.29, 0.717) is 11.8 Å². The molecular weight excluding hydrogens is 766 g/mol. The van der Waals surface area contributed by atoms with Gasteiger partial charge < -0.3 is 0 Å². The van der Waals surface area contributed by atoms with Crippen LogP contribution in [0.1, 0.15) is 50.7 Å². The van der Waals surface area contributed by atoms with E-state index in [-0.39, 0.29) is 13.4 Å². The molecule has 0 N–H and O–H groups in total. The van der Waals surface area contributed by atoms with Crippen molar-refractivity contribution in [3.63, 3.8) is 0 Å². The summed E-state index contributed by atoms with van der Waals surface area (Å²) in [5.74, 6) is 0.687. The van der Waals surface area contributed by atoms with Crippen LogP contribution < -0.4 is 32.8 Å². The average Bonchev–Trinajstić information content (AvgIpc) is 3.79. The van der Waals surface area contributed by atoms with Crippen molar-refractivity contribution in [1.82, 2.24) is 0 Å². The molecule has 0 unspecified atom stereocenters. The Hall–Kier alpha value is -7.15. The summed E-state index contributed by atoms with van der Waals surface area (Å²) >= 11 is 0. The second-order valence-corrected chi connectivity index (χ2v) is 19.5. The molecule has 2 heteroatoms. The minimum absolute atomic E-state index is 0.0977. The molecule has 2 aliphatic heterocycles. The van der Waals surface area contributed by atoms with Gasteiger partial charge >= 0.3 is 0 Å². The minimum atomic E-state index is 0.0977. The lowest BCUT2D eigenvalue weighted by Gasteiger charge is -2.25. The molecule has 0 nitrogen and oxygen atoms in total. The van der Waals surface area contributed by atoms with Gasteiger partial charge in [-0.05, 0) is 145 Å². The predicted molar refractivity (Wildman–Crippen MR) is 281 cm³/mol. The van der Waals surface area contributed by atoms with Crippen molar-refractivity contribution in [1.29, 1.82) is 0 Å². The van der Waals surface area contributed by atoms with Crippen LogP contribution in [0.2, 0.25) is 0 Å². The molecule has 0 bridgehead atoms. The van der Waals surface area contributed by atoms with Gasteiger partial charge in [-0.3, -0.25) is 0 Å². The Balaban J connectivity index is 1.10. The zero-order valence-electron chi connectivity index (χ0n) is 36.6. The van der Waals surface area contributed by atoms with Gasteiger partial charge in [0.2, 0.25) is 13.4 Å². The van der Waals surface area contributed by atoms with E-state index in [9.17, 15) is 0 Å². The van der Waals surface area contributed by atoms with Gasteiger partial charge in [-0.1, -0.05) is 218 Å². The maximum atomic E-state index is 2.60. The lowest BCUT2D eigenvalue weighted by Crippen LogP contribution is -2.50. The maximum Gasteiger partial charge on any atom is 0.243 e. The van der Waals surface area contributed by atoms with Crippen LogP contribution in [0.4, 0.5) is 0 Å². The summed E-state index contributed by atoms with van der Waals surface area (Å²) in [6.45, 7) is 9.75. The van der Waals surface area contributed by atoms with E-state index in [1.807, 2.05) is 0 Å². The van der Waals surface area contributed by atoms with E-state index < -0.39 is 0 Å². The lowest BCUT2D eigenvalue weighted by molar-refractivity contribution is 0.876. The molecule has 298 valence electrons.